The van der Waals surface area contributed by atoms with Crippen LogP contribution in [0.25, 0.3) is 0 Å². The first-order chi connectivity index (χ1) is 14.0. The van der Waals surface area contributed by atoms with E-state index in [0.29, 0.717) is 25.7 Å². The number of nitrogens with one attached hydrogen (secondary N) is 2. The Hall–Kier alpha value is -1.11. The minimum atomic E-state index is -0.245. The molecule has 1 aromatic carbocycles. The van der Waals surface area contributed by atoms with E-state index in [2.05, 4.69) is 20.5 Å². The number of hydrogen-bond donors (Lipinski definition) is 2. The summed E-state index contributed by atoms with van der Waals surface area (Å²) in [6.07, 6.45) is 2.05. The summed E-state index contributed by atoms with van der Waals surface area (Å²) in [5, 5.41) is 6.64. The van der Waals surface area contributed by atoms with Gasteiger partial charge in [-0.3, -0.25) is 9.69 Å². The van der Waals surface area contributed by atoms with Crippen LogP contribution in [0.5, 0.6) is 0 Å². The van der Waals surface area contributed by atoms with E-state index in [-0.39, 0.29) is 48.3 Å². The molecule has 1 unspecified atom stereocenters. The van der Waals surface area contributed by atoms with Crippen molar-refractivity contribution in [2.45, 2.75) is 6.04 Å². The van der Waals surface area contributed by atoms with Crippen LogP contribution in [0.3, 0.4) is 0 Å². The van der Waals surface area contributed by atoms with Gasteiger partial charge in [0.05, 0.1) is 19.3 Å². The summed E-state index contributed by atoms with van der Waals surface area (Å²) in [5.74, 6) is 1.24. The molecule has 1 aliphatic heterocycles. The molecule has 0 radical (unpaired) electrons. The zero-order chi connectivity index (χ0) is 21.1. The number of nitrogens with zero attached hydrogens (tertiary/aromatic N) is 3. The molecule has 0 bridgehead atoms. The summed E-state index contributed by atoms with van der Waals surface area (Å²) >= 11 is 1.74. The number of carbonyl (C=O) groups excluding carboxylic acids is 1. The molecule has 2 N–H and O–H groups in total. The van der Waals surface area contributed by atoms with Crippen molar-refractivity contribution in [3.05, 3.63) is 35.6 Å². The lowest BCUT2D eigenvalue weighted by Crippen LogP contribution is -2.47. The molecule has 1 aromatic rings. The van der Waals surface area contributed by atoms with E-state index in [1.54, 1.807) is 25.9 Å². The quantitative estimate of drug-likeness (QED) is 0.211. The Balaban J connectivity index is 0.00000450. The fourth-order valence-corrected chi connectivity index (χ4v) is 3.27. The van der Waals surface area contributed by atoms with Gasteiger partial charge < -0.3 is 20.3 Å². The maximum atomic E-state index is 13.4. The Morgan fingerprint density at radius 3 is 2.53 bits per heavy atom. The Kier molecular flexibility index (Phi) is 13.3. The lowest BCUT2D eigenvalue weighted by atomic mass is 10.0. The van der Waals surface area contributed by atoms with E-state index in [1.807, 2.05) is 18.4 Å². The molecule has 0 aromatic heterocycles. The molecule has 0 spiro atoms. The Bertz CT molecular complexity index is 657. The van der Waals surface area contributed by atoms with Gasteiger partial charge in [-0.1, -0.05) is 12.1 Å². The number of likely N-dealkylation sites (N-methyl/N-ethyl adjacent to an activating group) is 1. The minimum Gasteiger partial charge on any atom is -0.379 e. The van der Waals surface area contributed by atoms with Crippen LogP contribution in [0.2, 0.25) is 0 Å². The predicted octanol–water partition coefficient (Wildman–Crippen LogP) is 1.80. The van der Waals surface area contributed by atoms with Crippen molar-refractivity contribution in [1.82, 2.24) is 20.4 Å². The third-order valence-electron chi connectivity index (χ3n) is 4.67. The molecule has 1 saturated heterocycles. The Morgan fingerprint density at radius 2 is 1.93 bits per heavy atom. The number of rotatable bonds is 9. The SMILES string of the molecule is CSCCNC(=NCC(=O)N(C)C)NCC(c1ccc(F)cc1)N1CCOCC1.I. The molecular formula is C20H33FIN5O2S. The second kappa shape index (κ2) is 14.8. The molecule has 1 heterocycles. The smallest absolute Gasteiger partial charge is 0.243 e. The first-order valence-corrected chi connectivity index (χ1v) is 11.2. The second-order valence-corrected chi connectivity index (χ2v) is 7.95. The standard InChI is InChI=1S/C20H32FN5O2S.HI/c1-25(2)19(27)15-24-20(22-8-13-29-3)23-14-18(26-9-11-28-12-10-26)16-4-6-17(21)7-5-16;/h4-7,18H,8-15H2,1-3H3,(H2,22,23,24);1H. The van der Waals surface area contributed by atoms with Crippen LogP contribution in [0.1, 0.15) is 11.6 Å². The number of carbonyl (C=O) groups is 1. The predicted molar refractivity (Wildman–Crippen MR) is 132 cm³/mol. The number of halogens is 2. The molecule has 1 atom stereocenters. The number of ether oxygens (including phenoxy) is 1. The molecule has 10 heteroatoms. The average molecular weight is 553 g/mol. The van der Waals surface area contributed by atoms with Crippen LogP contribution < -0.4 is 10.6 Å². The van der Waals surface area contributed by atoms with E-state index in [4.69, 9.17) is 4.74 Å². The van der Waals surface area contributed by atoms with Crippen LogP contribution >= 0.6 is 35.7 Å². The van der Waals surface area contributed by atoms with Crippen molar-refractivity contribution in [3.8, 4) is 0 Å². The first-order valence-electron chi connectivity index (χ1n) is 9.79. The molecular weight excluding hydrogens is 520 g/mol. The average Bonchev–Trinajstić information content (AvgIpc) is 2.73. The van der Waals surface area contributed by atoms with Crippen molar-refractivity contribution in [1.29, 1.82) is 0 Å². The summed E-state index contributed by atoms with van der Waals surface area (Å²) in [6.45, 7) is 4.42. The van der Waals surface area contributed by atoms with Crippen LogP contribution in [-0.4, -0.2) is 93.7 Å². The fraction of sp³-hybridized carbons (Fsp3) is 0.600. The molecule has 0 aliphatic carbocycles. The minimum absolute atomic E-state index is 0. The summed E-state index contributed by atoms with van der Waals surface area (Å²) in [4.78, 5) is 20.2. The first kappa shape index (κ1) is 26.9. The highest BCUT2D eigenvalue weighted by Gasteiger charge is 2.23. The fourth-order valence-electron chi connectivity index (χ4n) is 2.96. The lowest BCUT2D eigenvalue weighted by molar-refractivity contribution is -0.127. The third-order valence-corrected chi connectivity index (χ3v) is 5.29. The van der Waals surface area contributed by atoms with Gasteiger partial charge in [0, 0.05) is 46.0 Å². The van der Waals surface area contributed by atoms with Crippen LogP contribution in [0.15, 0.2) is 29.3 Å². The normalized spacial score (nSPS) is 15.8. The monoisotopic (exact) mass is 553 g/mol. The number of aliphatic imine (C=N–C) groups is 1. The van der Waals surface area contributed by atoms with Crippen molar-refractivity contribution in [3.63, 3.8) is 0 Å². The number of guanidine groups is 1. The molecule has 170 valence electrons. The van der Waals surface area contributed by atoms with Gasteiger partial charge in [0.1, 0.15) is 12.4 Å². The molecule has 1 fully saturated rings. The van der Waals surface area contributed by atoms with Crippen molar-refractivity contribution >= 4 is 47.6 Å². The molecule has 30 heavy (non-hydrogen) atoms. The second-order valence-electron chi connectivity index (χ2n) is 6.97. The Morgan fingerprint density at radius 1 is 1.27 bits per heavy atom. The molecule has 1 amide bonds. The van der Waals surface area contributed by atoms with Gasteiger partial charge in [0.15, 0.2) is 5.96 Å². The highest BCUT2D eigenvalue weighted by atomic mass is 127. The number of amides is 1. The molecule has 2 rings (SSSR count). The van der Waals surface area contributed by atoms with Crippen molar-refractivity contribution < 1.29 is 13.9 Å². The molecule has 1 aliphatic rings. The Labute approximate surface area is 200 Å². The van der Waals surface area contributed by atoms with Gasteiger partial charge in [-0.15, -0.1) is 24.0 Å². The van der Waals surface area contributed by atoms with Crippen LogP contribution in [-0.2, 0) is 9.53 Å². The van der Waals surface area contributed by atoms with E-state index in [1.165, 1.54) is 17.0 Å². The maximum Gasteiger partial charge on any atom is 0.243 e. The molecule has 7 nitrogen and oxygen atoms in total. The summed E-state index contributed by atoms with van der Waals surface area (Å²) in [6, 6.07) is 6.68. The maximum absolute atomic E-state index is 13.4. The zero-order valence-corrected chi connectivity index (χ0v) is 21.0. The summed E-state index contributed by atoms with van der Waals surface area (Å²) < 4.78 is 18.9. The highest BCUT2D eigenvalue weighted by molar-refractivity contribution is 14.0. The number of hydrogen-bond acceptors (Lipinski definition) is 5. The molecule has 0 saturated carbocycles. The highest BCUT2D eigenvalue weighted by Crippen LogP contribution is 2.21. The van der Waals surface area contributed by atoms with Gasteiger partial charge >= 0.3 is 0 Å². The van der Waals surface area contributed by atoms with E-state index < -0.39 is 0 Å². The number of benzene rings is 1. The van der Waals surface area contributed by atoms with Crippen LogP contribution in [0, 0.1) is 5.82 Å². The number of thioether (sulfide) groups is 1. The van der Waals surface area contributed by atoms with Gasteiger partial charge in [-0.05, 0) is 24.0 Å². The summed E-state index contributed by atoms with van der Waals surface area (Å²) in [7, 11) is 3.43. The third kappa shape index (κ3) is 9.36. The van der Waals surface area contributed by atoms with Crippen molar-refractivity contribution in [2.24, 2.45) is 4.99 Å². The van der Waals surface area contributed by atoms with Gasteiger partial charge in [0.2, 0.25) is 5.91 Å². The van der Waals surface area contributed by atoms with Crippen molar-refractivity contribution in [2.75, 3.05) is 72.0 Å². The summed E-state index contributed by atoms with van der Waals surface area (Å²) in [5.41, 5.74) is 1.04. The zero-order valence-electron chi connectivity index (χ0n) is 17.9. The topological polar surface area (TPSA) is 69.2 Å². The number of morpholine rings is 1. The van der Waals surface area contributed by atoms with Gasteiger partial charge in [0.25, 0.3) is 0 Å². The van der Waals surface area contributed by atoms with Crippen LogP contribution in [0.4, 0.5) is 4.39 Å². The van der Waals surface area contributed by atoms with Gasteiger partial charge in [-0.25, -0.2) is 9.38 Å². The van der Waals surface area contributed by atoms with E-state index in [0.717, 1.165) is 31.0 Å². The van der Waals surface area contributed by atoms with Gasteiger partial charge in [-0.2, -0.15) is 11.8 Å². The van der Waals surface area contributed by atoms with E-state index >= 15 is 0 Å². The largest absolute Gasteiger partial charge is 0.379 e. The lowest BCUT2D eigenvalue weighted by Gasteiger charge is -2.35. The van der Waals surface area contributed by atoms with E-state index in [9.17, 15) is 9.18 Å².